The highest BCUT2D eigenvalue weighted by Crippen LogP contribution is 2.38. The molecule has 144 valence electrons. The average Bonchev–Trinajstić information content (AvgIpc) is 2.70. The topological polar surface area (TPSA) is 85.9 Å². The predicted molar refractivity (Wildman–Crippen MR) is 102 cm³/mol. The van der Waals surface area contributed by atoms with Crippen molar-refractivity contribution in [1.29, 1.82) is 0 Å². The van der Waals surface area contributed by atoms with Gasteiger partial charge < -0.3 is 24.8 Å². The molecule has 2 amide bonds. The highest BCUT2D eigenvalue weighted by Gasteiger charge is 2.16. The molecule has 0 aliphatic rings. The van der Waals surface area contributed by atoms with Gasteiger partial charge >= 0.3 is 0 Å². The molecule has 7 heteroatoms. The molecule has 0 spiro atoms. The van der Waals surface area contributed by atoms with Crippen LogP contribution in [0.15, 0.2) is 36.4 Å². The van der Waals surface area contributed by atoms with Gasteiger partial charge in [-0.3, -0.25) is 9.59 Å². The first-order valence-corrected chi connectivity index (χ1v) is 8.43. The van der Waals surface area contributed by atoms with Crippen molar-refractivity contribution in [3.8, 4) is 17.2 Å². The molecule has 0 aromatic heterocycles. The zero-order chi connectivity index (χ0) is 19.8. The summed E-state index contributed by atoms with van der Waals surface area (Å²) in [5, 5.41) is 5.51. The molecule has 0 radical (unpaired) electrons. The molecule has 2 N–H and O–H groups in total. The lowest BCUT2D eigenvalue weighted by molar-refractivity contribution is 0.0927. The van der Waals surface area contributed by atoms with Gasteiger partial charge in [-0.15, -0.1) is 0 Å². The van der Waals surface area contributed by atoms with E-state index in [1.807, 2.05) is 19.1 Å². The van der Waals surface area contributed by atoms with E-state index in [2.05, 4.69) is 10.6 Å². The summed E-state index contributed by atoms with van der Waals surface area (Å²) in [7, 11) is 4.47. The SMILES string of the molecule is COc1cc(C(=O)NCCNC(=O)c2ccc(C)cc2)cc(OC)c1OC. The minimum absolute atomic E-state index is 0.183. The van der Waals surface area contributed by atoms with Crippen molar-refractivity contribution in [3.05, 3.63) is 53.1 Å². The molecule has 7 nitrogen and oxygen atoms in total. The first-order chi connectivity index (χ1) is 13.0. The summed E-state index contributed by atoms with van der Waals surface area (Å²) in [6, 6.07) is 10.4. The molecule has 0 saturated carbocycles. The molecule has 0 atom stereocenters. The molecule has 0 aliphatic heterocycles. The van der Waals surface area contributed by atoms with Crippen LogP contribution in [0.1, 0.15) is 26.3 Å². The Labute approximate surface area is 158 Å². The molecule has 0 unspecified atom stereocenters. The zero-order valence-corrected chi connectivity index (χ0v) is 15.9. The monoisotopic (exact) mass is 372 g/mol. The van der Waals surface area contributed by atoms with Crippen LogP contribution in [-0.4, -0.2) is 46.2 Å². The van der Waals surface area contributed by atoms with Crippen LogP contribution in [0, 0.1) is 6.92 Å². The summed E-state index contributed by atoms with van der Waals surface area (Å²) >= 11 is 0. The van der Waals surface area contributed by atoms with Crippen molar-refractivity contribution in [1.82, 2.24) is 10.6 Å². The maximum Gasteiger partial charge on any atom is 0.251 e. The van der Waals surface area contributed by atoms with E-state index in [1.165, 1.54) is 21.3 Å². The normalized spacial score (nSPS) is 10.1. The first-order valence-electron chi connectivity index (χ1n) is 8.43. The second-order valence-corrected chi connectivity index (χ2v) is 5.79. The molecule has 2 rings (SSSR count). The third-order valence-corrected chi connectivity index (χ3v) is 3.94. The summed E-state index contributed by atoms with van der Waals surface area (Å²) in [6.45, 7) is 2.55. The molecule has 2 aromatic carbocycles. The Hall–Kier alpha value is -3.22. The van der Waals surface area contributed by atoms with Crippen molar-refractivity contribution in [2.24, 2.45) is 0 Å². The van der Waals surface area contributed by atoms with Crippen LogP contribution in [0.4, 0.5) is 0 Å². The number of hydrogen-bond acceptors (Lipinski definition) is 5. The molecule has 27 heavy (non-hydrogen) atoms. The van der Waals surface area contributed by atoms with Crippen molar-refractivity contribution in [3.63, 3.8) is 0 Å². The van der Waals surface area contributed by atoms with Crippen molar-refractivity contribution in [2.45, 2.75) is 6.92 Å². The van der Waals surface area contributed by atoms with E-state index in [0.717, 1.165) is 5.56 Å². The van der Waals surface area contributed by atoms with Crippen LogP contribution in [0.3, 0.4) is 0 Å². The minimum atomic E-state index is -0.307. The number of benzene rings is 2. The number of methoxy groups -OCH3 is 3. The van der Waals surface area contributed by atoms with Gasteiger partial charge in [-0.05, 0) is 31.2 Å². The van der Waals surface area contributed by atoms with Gasteiger partial charge in [-0.2, -0.15) is 0 Å². The van der Waals surface area contributed by atoms with Gasteiger partial charge in [-0.25, -0.2) is 0 Å². The van der Waals surface area contributed by atoms with Crippen LogP contribution < -0.4 is 24.8 Å². The average molecular weight is 372 g/mol. The molecule has 2 aromatic rings. The number of rotatable bonds is 8. The molecule has 0 heterocycles. The maximum atomic E-state index is 12.4. The number of aryl methyl sites for hydroxylation is 1. The second-order valence-electron chi connectivity index (χ2n) is 5.79. The fourth-order valence-corrected chi connectivity index (χ4v) is 2.47. The Morgan fingerprint density at radius 2 is 1.26 bits per heavy atom. The molecule has 0 bridgehead atoms. The summed E-state index contributed by atoms with van der Waals surface area (Å²) in [5.41, 5.74) is 2.04. The van der Waals surface area contributed by atoms with Gasteiger partial charge in [0.05, 0.1) is 21.3 Å². The lowest BCUT2D eigenvalue weighted by Crippen LogP contribution is -2.34. The summed E-state index contributed by atoms with van der Waals surface area (Å²) in [4.78, 5) is 24.4. The fourth-order valence-electron chi connectivity index (χ4n) is 2.47. The standard InChI is InChI=1S/C20H24N2O5/c1-13-5-7-14(8-6-13)19(23)21-9-10-22-20(24)15-11-16(25-2)18(27-4)17(12-15)26-3/h5-8,11-12H,9-10H2,1-4H3,(H,21,23)(H,22,24). The summed E-state index contributed by atoms with van der Waals surface area (Å²) in [5.74, 6) is 0.724. The Bertz CT molecular complexity index is 778. The Kier molecular flexibility index (Phi) is 7.05. The van der Waals surface area contributed by atoms with Gasteiger partial charge in [0, 0.05) is 24.2 Å². The van der Waals surface area contributed by atoms with Crippen LogP contribution in [0.5, 0.6) is 17.2 Å². The third kappa shape index (κ3) is 5.13. The van der Waals surface area contributed by atoms with E-state index < -0.39 is 0 Å². The van der Waals surface area contributed by atoms with Gasteiger partial charge in [0.1, 0.15) is 0 Å². The number of nitrogens with one attached hydrogen (secondary N) is 2. The molecule has 0 saturated heterocycles. The fraction of sp³-hybridized carbons (Fsp3) is 0.300. The summed E-state index contributed by atoms with van der Waals surface area (Å²) in [6.07, 6.45) is 0. The van der Waals surface area contributed by atoms with Gasteiger partial charge in [0.25, 0.3) is 11.8 Å². The quantitative estimate of drug-likeness (QED) is 0.694. The van der Waals surface area contributed by atoms with Crippen LogP contribution >= 0.6 is 0 Å². The highest BCUT2D eigenvalue weighted by atomic mass is 16.5. The zero-order valence-electron chi connectivity index (χ0n) is 15.9. The van der Waals surface area contributed by atoms with E-state index in [1.54, 1.807) is 24.3 Å². The number of ether oxygens (including phenoxy) is 3. The lowest BCUT2D eigenvalue weighted by Gasteiger charge is -2.14. The molecule has 0 fully saturated rings. The summed E-state index contributed by atoms with van der Waals surface area (Å²) < 4.78 is 15.7. The van der Waals surface area contributed by atoms with Crippen LogP contribution in [0.25, 0.3) is 0 Å². The maximum absolute atomic E-state index is 12.4. The van der Waals surface area contributed by atoms with Crippen LogP contribution in [-0.2, 0) is 0 Å². The smallest absolute Gasteiger partial charge is 0.251 e. The van der Waals surface area contributed by atoms with E-state index in [0.29, 0.717) is 34.9 Å². The predicted octanol–water partition coefficient (Wildman–Crippen LogP) is 2.18. The molecular formula is C20H24N2O5. The van der Waals surface area contributed by atoms with Gasteiger partial charge in [-0.1, -0.05) is 17.7 Å². The van der Waals surface area contributed by atoms with E-state index in [4.69, 9.17) is 14.2 Å². The van der Waals surface area contributed by atoms with Gasteiger partial charge in [0.2, 0.25) is 5.75 Å². The van der Waals surface area contributed by atoms with Crippen molar-refractivity contribution in [2.75, 3.05) is 34.4 Å². The van der Waals surface area contributed by atoms with E-state index in [9.17, 15) is 9.59 Å². The highest BCUT2D eigenvalue weighted by molar-refractivity contribution is 5.96. The van der Waals surface area contributed by atoms with E-state index in [-0.39, 0.29) is 18.4 Å². The first kappa shape index (κ1) is 20.1. The van der Waals surface area contributed by atoms with Crippen molar-refractivity contribution < 1.29 is 23.8 Å². The minimum Gasteiger partial charge on any atom is -0.493 e. The Morgan fingerprint density at radius 3 is 1.70 bits per heavy atom. The molecule has 0 aliphatic carbocycles. The number of amides is 2. The van der Waals surface area contributed by atoms with Crippen molar-refractivity contribution >= 4 is 11.8 Å². The van der Waals surface area contributed by atoms with Gasteiger partial charge in [0.15, 0.2) is 11.5 Å². The second kappa shape index (κ2) is 9.47. The lowest BCUT2D eigenvalue weighted by atomic mass is 10.1. The largest absolute Gasteiger partial charge is 0.493 e. The number of hydrogen-bond donors (Lipinski definition) is 2. The Balaban J connectivity index is 1.92. The Morgan fingerprint density at radius 1 is 0.778 bits per heavy atom. The number of carbonyl (C=O) groups excluding carboxylic acids is 2. The molecular weight excluding hydrogens is 348 g/mol. The number of carbonyl (C=O) groups is 2. The third-order valence-electron chi connectivity index (χ3n) is 3.94. The van der Waals surface area contributed by atoms with Crippen LogP contribution in [0.2, 0.25) is 0 Å². The van der Waals surface area contributed by atoms with E-state index >= 15 is 0 Å².